The Hall–Kier alpha value is -1.47. The summed E-state index contributed by atoms with van der Waals surface area (Å²) in [6, 6.07) is -1.01. The van der Waals surface area contributed by atoms with E-state index in [1.807, 2.05) is 0 Å². The predicted octanol–water partition coefficient (Wildman–Crippen LogP) is 7.50. The van der Waals surface area contributed by atoms with Crippen molar-refractivity contribution >= 4 is 19.5 Å². The number of hydrogen-bond acceptors (Lipinski definition) is 11. The fourth-order valence-corrected chi connectivity index (χ4v) is 6.97. The van der Waals surface area contributed by atoms with Gasteiger partial charge in [-0.15, -0.1) is 13.2 Å². The van der Waals surface area contributed by atoms with Crippen LogP contribution in [-0.4, -0.2) is 92.2 Å². The van der Waals surface area contributed by atoms with Gasteiger partial charge in [0.05, 0.1) is 39.5 Å². The summed E-state index contributed by atoms with van der Waals surface area (Å²) in [5, 5.41) is 23.9. The molecule has 1 aliphatic heterocycles. The molecule has 1 amide bonds. The van der Waals surface area contributed by atoms with Crippen LogP contribution in [0, 0.1) is 0 Å². The molecular formula is C38H70NO11P. The predicted molar refractivity (Wildman–Crippen MR) is 199 cm³/mol. The van der Waals surface area contributed by atoms with Crippen molar-refractivity contribution in [3.63, 3.8) is 0 Å². The lowest BCUT2D eigenvalue weighted by Crippen LogP contribution is -2.65. The fourth-order valence-electron chi connectivity index (χ4n) is 5.87. The van der Waals surface area contributed by atoms with Crippen molar-refractivity contribution in [3.05, 3.63) is 25.3 Å². The van der Waals surface area contributed by atoms with E-state index in [4.69, 9.17) is 27.8 Å². The minimum absolute atomic E-state index is 0.0685. The molecule has 0 unspecified atom stereocenters. The van der Waals surface area contributed by atoms with Crippen LogP contribution in [0.3, 0.4) is 0 Å². The van der Waals surface area contributed by atoms with Gasteiger partial charge in [0.15, 0.2) is 6.29 Å². The molecule has 0 spiro atoms. The highest BCUT2D eigenvalue weighted by atomic mass is 31.2. The molecule has 12 nitrogen and oxygen atoms in total. The van der Waals surface area contributed by atoms with Gasteiger partial charge in [0.1, 0.15) is 30.1 Å². The number of ether oxygens (including phenoxy) is 3. The molecule has 0 saturated carbocycles. The topological polar surface area (TPSA) is 159 Å². The molecule has 0 bridgehead atoms. The largest absolute Gasteiger partial charge is 0.475 e. The number of rotatable bonds is 35. The summed E-state index contributed by atoms with van der Waals surface area (Å²) in [7, 11) is -3.95. The number of phosphoric ester groups is 1. The number of ketones is 1. The van der Waals surface area contributed by atoms with E-state index in [2.05, 4.69) is 32.3 Å². The fraction of sp³-hybridized carbons (Fsp3) is 0.842. The van der Waals surface area contributed by atoms with Crippen LogP contribution in [0.2, 0.25) is 0 Å². The average molecular weight is 748 g/mol. The third-order valence-corrected chi connectivity index (χ3v) is 10.2. The Bertz CT molecular complexity index is 952. The number of hydrogen-bond donors (Lipinski definition) is 3. The lowest BCUT2D eigenvalue weighted by molar-refractivity contribution is -0.278. The molecule has 298 valence electrons. The summed E-state index contributed by atoms with van der Waals surface area (Å²) in [4.78, 5) is 25.9. The zero-order valence-corrected chi connectivity index (χ0v) is 32.5. The molecule has 5 atom stereocenters. The number of Topliss-reactive ketones (excluding diaryl/α,β-unsaturated/α-hetero) is 1. The summed E-state index contributed by atoms with van der Waals surface area (Å²) in [6.45, 7) is 10.7. The van der Waals surface area contributed by atoms with Crippen LogP contribution in [0.15, 0.2) is 25.3 Å². The van der Waals surface area contributed by atoms with Crippen LogP contribution >= 0.6 is 7.82 Å². The molecule has 0 aromatic rings. The van der Waals surface area contributed by atoms with Gasteiger partial charge in [0.25, 0.3) is 0 Å². The number of unbranched alkanes of at least 4 members (excludes halogenated alkanes) is 15. The zero-order valence-electron chi connectivity index (χ0n) is 31.6. The van der Waals surface area contributed by atoms with Gasteiger partial charge in [-0.05, 0) is 12.8 Å². The Balaban J connectivity index is 2.84. The second-order valence-electron chi connectivity index (χ2n) is 13.2. The highest BCUT2D eigenvalue weighted by molar-refractivity contribution is 7.48. The van der Waals surface area contributed by atoms with Gasteiger partial charge < -0.3 is 29.7 Å². The normalized spacial score (nSPS) is 20.7. The second-order valence-corrected chi connectivity index (χ2v) is 14.9. The van der Waals surface area contributed by atoms with Gasteiger partial charge in [0, 0.05) is 13.0 Å². The van der Waals surface area contributed by atoms with Gasteiger partial charge in [-0.3, -0.25) is 23.2 Å². The van der Waals surface area contributed by atoms with E-state index in [0.29, 0.717) is 13.0 Å². The summed E-state index contributed by atoms with van der Waals surface area (Å²) in [5.74, 6) is -0.706. The molecule has 0 radical (unpaired) electrons. The maximum atomic E-state index is 13.2. The first-order chi connectivity index (χ1) is 24.7. The van der Waals surface area contributed by atoms with E-state index < -0.39 is 51.0 Å². The first kappa shape index (κ1) is 47.6. The Morgan fingerprint density at radius 3 is 1.80 bits per heavy atom. The van der Waals surface area contributed by atoms with Crippen molar-refractivity contribution in [2.75, 3.05) is 39.6 Å². The van der Waals surface area contributed by atoms with Crippen molar-refractivity contribution in [1.29, 1.82) is 0 Å². The number of phosphoric acid groups is 1. The Morgan fingerprint density at radius 1 is 0.745 bits per heavy atom. The first-order valence-corrected chi connectivity index (χ1v) is 20.9. The third-order valence-electron chi connectivity index (χ3n) is 8.72. The SMILES string of the molecule is C=CCOP(=O)(OCC=C)OCCO[C@H]1O[C@H](CO)[C@@H](O)[C@H](OCCCCCCCCCC)[C@H]1NC(=O)CC(=O)CCCCCCCCCCC. The molecule has 1 saturated heterocycles. The van der Waals surface area contributed by atoms with E-state index in [9.17, 15) is 24.4 Å². The van der Waals surface area contributed by atoms with Crippen molar-refractivity contribution < 1.29 is 52.1 Å². The lowest BCUT2D eigenvalue weighted by atomic mass is 9.96. The molecule has 0 aliphatic carbocycles. The molecule has 1 heterocycles. The van der Waals surface area contributed by atoms with E-state index in [1.54, 1.807) is 0 Å². The summed E-state index contributed by atoms with van der Waals surface area (Å²) in [6.07, 6.45) is 17.3. The van der Waals surface area contributed by atoms with Crippen LogP contribution in [0.25, 0.3) is 0 Å². The first-order valence-electron chi connectivity index (χ1n) is 19.5. The standard InChI is InChI=1S/C38H70NO11P/c1-5-9-11-13-15-17-18-20-22-24-32(41)30-34(42)39-35-37(45-27-23-21-19-16-14-12-10-6-2)36(43)33(31-40)50-38(35)46-28-29-49-51(44,47-25-7-3)48-26-8-4/h7-8,33,35-38,40,43H,3-6,9-31H2,1-2H3,(H,39,42)/t33-,35-,36-,37-,38+/m1/s1. The minimum atomic E-state index is -3.95. The van der Waals surface area contributed by atoms with Gasteiger partial charge in [0.2, 0.25) is 5.91 Å². The summed E-state index contributed by atoms with van der Waals surface area (Å²) in [5.41, 5.74) is 0. The van der Waals surface area contributed by atoms with Crippen LogP contribution in [-0.2, 0) is 41.9 Å². The minimum Gasteiger partial charge on any atom is -0.394 e. The van der Waals surface area contributed by atoms with Crippen molar-refractivity contribution in [2.24, 2.45) is 0 Å². The zero-order chi connectivity index (χ0) is 37.6. The monoisotopic (exact) mass is 747 g/mol. The number of aliphatic hydroxyl groups is 2. The van der Waals surface area contributed by atoms with Gasteiger partial charge in [-0.1, -0.05) is 122 Å². The maximum absolute atomic E-state index is 13.2. The van der Waals surface area contributed by atoms with Crippen molar-refractivity contribution in [3.8, 4) is 0 Å². The van der Waals surface area contributed by atoms with E-state index in [0.717, 1.165) is 51.4 Å². The van der Waals surface area contributed by atoms with Crippen molar-refractivity contribution in [2.45, 2.75) is 166 Å². The summed E-state index contributed by atoms with van der Waals surface area (Å²) >= 11 is 0. The van der Waals surface area contributed by atoms with E-state index >= 15 is 0 Å². The molecule has 3 N–H and O–H groups in total. The molecule has 1 fully saturated rings. The maximum Gasteiger partial charge on any atom is 0.475 e. The van der Waals surface area contributed by atoms with Crippen LogP contribution in [0.4, 0.5) is 0 Å². The third kappa shape index (κ3) is 22.4. The molecule has 1 aliphatic rings. The highest BCUT2D eigenvalue weighted by Crippen LogP contribution is 2.49. The number of carbonyl (C=O) groups excluding carboxylic acids is 2. The molecular weight excluding hydrogens is 677 g/mol. The van der Waals surface area contributed by atoms with Crippen LogP contribution < -0.4 is 5.32 Å². The number of nitrogens with one attached hydrogen (secondary N) is 1. The van der Waals surface area contributed by atoms with E-state index in [1.165, 1.54) is 69.9 Å². The Labute approximate surface area is 308 Å². The van der Waals surface area contributed by atoms with Crippen LogP contribution in [0.1, 0.15) is 136 Å². The molecule has 13 heteroatoms. The molecule has 51 heavy (non-hydrogen) atoms. The average Bonchev–Trinajstić information content (AvgIpc) is 3.12. The lowest BCUT2D eigenvalue weighted by Gasteiger charge is -2.44. The van der Waals surface area contributed by atoms with Crippen LogP contribution in [0.5, 0.6) is 0 Å². The quantitative estimate of drug-likeness (QED) is 0.0255. The molecule has 0 aromatic carbocycles. The van der Waals surface area contributed by atoms with Gasteiger partial charge in [-0.25, -0.2) is 4.57 Å². The van der Waals surface area contributed by atoms with Crippen molar-refractivity contribution in [1.82, 2.24) is 5.32 Å². The highest BCUT2D eigenvalue weighted by Gasteiger charge is 2.47. The van der Waals surface area contributed by atoms with Gasteiger partial charge >= 0.3 is 7.82 Å². The molecule has 1 rings (SSSR count). The number of amides is 1. The van der Waals surface area contributed by atoms with E-state index in [-0.39, 0.29) is 38.6 Å². The number of aliphatic hydroxyl groups excluding tert-OH is 2. The van der Waals surface area contributed by atoms with Gasteiger partial charge in [-0.2, -0.15) is 0 Å². The molecule has 0 aromatic heterocycles. The number of carbonyl (C=O) groups is 2. The smallest absolute Gasteiger partial charge is 0.394 e. The second kappa shape index (κ2) is 30.9. The summed E-state index contributed by atoms with van der Waals surface area (Å²) < 4.78 is 46.6. The Morgan fingerprint density at radius 2 is 1.27 bits per heavy atom. The Kier molecular flexibility index (Phi) is 28.8.